The Balaban J connectivity index is 2.70. The van der Waals surface area contributed by atoms with Gasteiger partial charge in [0.25, 0.3) is 0 Å². The first-order valence-corrected chi connectivity index (χ1v) is 3.94. The van der Waals surface area contributed by atoms with Gasteiger partial charge in [0.15, 0.2) is 0 Å². The largest absolute Gasteiger partial charge is 0.0985 e. The van der Waals surface area contributed by atoms with Gasteiger partial charge in [-0.2, -0.15) is 0 Å². The van der Waals surface area contributed by atoms with E-state index in [1.807, 2.05) is 0 Å². The molecule has 1 aliphatic carbocycles. The van der Waals surface area contributed by atoms with Crippen LogP contribution in [0.5, 0.6) is 0 Å². The molecule has 0 heterocycles. The highest BCUT2D eigenvalue weighted by atomic mass is 14.1. The highest BCUT2D eigenvalue weighted by molar-refractivity contribution is 5.45. The van der Waals surface area contributed by atoms with Crippen molar-refractivity contribution < 1.29 is 0 Å². The minimum atomic E-state index is 0.677. The van der Waals surface area contributed by atoms with Crippen molar-refractivity contribution in [3.05, 3.63) is 48.6 Å². The third kappa shape index (κ3) is 1.94. The van der Waals surface area contributed by atoms with Crippen LogP contribution in [0, 0.1) is 5.92 Å². The Kier molecular flexibility index (Phi) is 2.48. The minimum Gasteiger partial charge on any atom is -0.0985 e. The number of hydrogen-bond acceptors (Lipinski definition) is 0. The fourth-order valence-corrected chi connectivity index (χ4v) is 1.08. The Labute approximate surface area is 68.6 Å². The highest BCUT2D eigenvalue weighted by Crippen LogP contribution is 2.20. The molecule has 0 saturated heterocycles. The molecule has 0 aliphatic heterocycles. The van der Waals surface area contributed by atoms with Crippen LogP contribution in [0.1, 0.15) is 13.3 Å². The molecule has 0 N–H and O–H groups in total. The second kappa shape index (κ2) is 3.38. The standard InChI is InChI=1S/C11H14/c1-4-10(3)11-7-5-9(2)6-8-11/h4-5,7-9H,1,3,6H2,2H3. The van der Waals surface area contributed by atoms with Crippen LogP contribution in [0.4, 0.5) is 0 Å². The summed E-state index contributed by atoms with van der Waals surface area (Å²) in [6, 6.07) is 0. The molecule has 0 aromatic rings. The van der Waals surface area contributed by atoms with Crippen LogP contribution in [0.3, 0.4) is 0 Å². The fraction of sp³-hybridized carbons (Fsp3) is 0.273. The lowest BCUT2D eigenvalue weighted by atomic mass is 9.95. The van der Waals surface area contributed by atoms with Crippen LogP contribution < -0.4 is 0 Å². The first-order chi connectivity index (χ1) is 5.24. The normalized spacial score (nSPS) is 22.6. The third-order valence-corrected chi connectivity index (χ3v) is 1.93. The molecule has 1 unspecified atom stereocenters. The van der Waals surface area contributed by atoms with E-state index in [1.54, 1.807) is 6.08 Å². The molecule has 0 heteroatoms. The summed E-state index contributed by atoms with van der Waals surface area (Å²) in [4.78, 5) is 0. The zero-order chi connectivity index (χ0) is 8.27. The first-order valence-electron chi connectivity index (χ1n) is 3.94. The molecule has 0 aromatic heterocycles. The van der Waals surface area contributed by atoms with Gasteiger partial charge in [-0.3, -0.25) is 0 Å². The average Bonchev–Trinajstić information content (AvgIpc) is 2.05. The second-order valence-corrected chi connectivity index (χ2v) is 2.96. The Morgan fingerprint density at radius 2 is 2.45 bits per heavy atom. The van der Waals surface area contributed by atoms with Crippen molar-refractivity contribution >= 4 is 0 Å². The van der Waals surface area contributed by atoms with Crippen molar-refractivity contribution in [1.29, 1.82) is 0 Å². The van der Waals surface area contributed by atoms with Crippen LogP contribution in [0.25, 0.3) is 0 Å². The smallest absolute Gasteiger partial charge is 0.0224 e. The molecule has 0 spiro atoms. The zero-order valence-electron chi connectivity index (χ0n) is 7.01. The molecule has 1 atom stereocenters. The molecule has 0 radical (unpaired) electrons. The van der Waals surface area contributed by atoms with Gasteiger partial charge in [-0.05, 0) is 23.5 Å². The molecule has 0 aromatic carbocycles. The average molecular weight is 146 g/mol. The Morgan fingerprint density at radius 3 is 2.91 bits per heavy atom. The first kappa shape index (κ1) is 8.06. The quantitative estimate of drug-likeness (QED) is 0.524. The molecule has 0 amide bonds. The van der Waals surface area contributed by atoms with Gasteiger partial charge < -0.3 is 0 Å². The summed E-state index contributed by atoms with van der Waals surface area (Å²) in [7, 11) is 0. The van der Waals surface area contributed by atoms with E-state index in [0.29, 0.717) is 5.92 Å². The molecular weight excluding hydrogens is 132 g/mol. The van der Waals surface area contributed by atoms with E-state index in [1.165, 1.54) is 5.57 Å². The lowest BCUT2D eigenvalue weighted by Gasteiger charge is -2.11. The maximum absolute atomic E-state index is 3.88. The lowest BCUT2D eigenvalue weighted by molar-refractivity contribution is 0.732. The van der Waals surface area contributed by atoms with E-state index in [4.69, 9.17) is 0 Å². The topological polar surface area (TPSA) is 0 Å². The van der Waals surface area contributed by atoms with Gasteiger partial charge in [0, 0.05) is 0 Å². The molecular formula is C11H14. The molecule has 0 saturated carbocycles. The van der Waals surface area contributed by atoms with Crippen LogP contribution in [0.2, 0.25) is 0 Å². The summed E-state index contributed by atoms with van der Waals surface area (Å²) in [6.45, 7) is 9.77. The van der Waals surface area contributed by atoms with E-state index >= 15 is 0 Å². The van der Waals surface area contributed by atoms with E-state index in [-0.39, 0.29) is 0 Å². The molecule has 0 nitrogen and oxygen atoms in total. The molecule has 1 aliphatic rings. The van der Waals surface area contributed by atoms with Gasteiger partial charge in [-0.25, -0.2) is 0 Å². The van der Waals surface area contributed by atoms with Crippen molar-refractivity contribution in [1.82, 2.24) is 0 Å². The maximum Gasteiger partial charge on any atom is -0.0224 e. The summed E-state index contributed by atoms with van der Waals surface area (Å²) in [5.41, 5.74) is 2.24. The number of hydrogen-bond donors (Lipinski definition) is 0. The summed E-state index contributed by atoms with van der Waals surface area (Å²) in [5.74, 6) is 0.677. The van der Waals surface area contributed by atoms with Crippen LogP contribution in [0.15, 0.2) is 48.6 Å². The van der Waals surface area contributed by atoms with E-state index in [9.17, 15) is 0 Å². The summed E-state index contributed by atoms with van der Waals surface area (Å²) < 4.78 is 0. The summed E-state index contributed by atoms with van der Waals surface area (Å²) in [5, 5.41) is 0. The SMILES string of the molecule is C=CC(=C)C1=CCC(C)C=C1. The molecule has 1 rings (SSSR count). The van der Waals surface area contributed by atoms with Crippen LogP contribution in [-0.4, -0.2) is 0 Å². The monoisotopic (exact) mass is 146 g/mol. The van der Waals surface area contributed by atoms with Gasteiger partial charge >= 0.3 is 0 Å². The van der Waals surface area contributed by atoms with E-state index in [0.717, 1.165) is 12.0 Å². The lowest BCUT2D eigenvalue weighted by Crippen LogP contribution is -1.94. The Morgan fingerprint density at radius 1 is 1.73 bits per heavy atom. The third-order valence-electron chi connectivity index (χ3n) is 1.93. The second-order valence-electron chi connectivity index (χ2n) is 2.96. The minimum absolute atomic E-state index is 0.677. The number of rotatable bonds is 2. The molecule has 58 valence electrons. The predicted octanol–water partition coefficient (Wildman–Crippen LogP) is 3.25. The van der Waals surface area contributed by atoms with Crippen molar-refractivity contribution in [2.45, 2.75) is 13.3 Å². The molecule has 0 fully saturated rings. The Bertz CT molecular complexity index is 228. The fourth-order valence-electron chi connectivity index (χ4n) is 1.08. The maximum atomic E-state index is 3.88. The van der Waals surface area contributed by atoms with Crippen LogP contribution >= 0.6 is 0 Å². The van der Waals surface area contributed by atoms with Gasteiger partial charge in [0.2, 0.25) is 0 Å². The van der Waals surface area contributed by atoms with Crippen molar-refractivity contribution in [2.75, 3.05) is 0 Å². The van der Waals surface area contributed by atoms with Crippen molar-refractivity contribution in [3.8, 4) is 0 Å². The molecule has 11 heavy (non-hydrogen) atoms. The number of allylic oxidation sites excluding steroid dienone is 6. The summed E-state index contributed by atoms with van der Waals surface area (Å²) >= 11 is 0. The van der Waals surface area contributed by atoms with Crippen LogP contribution in [-0.2, 0) is 0 Å². The van der Waals surface area contributed by atoms with E-state index < -0.39 is 0 Å². The molecule has 0 bridgehead atoms. The van der Waals surface area contributed by atoms with Gasteiger partial charge in [-0.1, -0.05) is 44.4 Å². The van der Waals surface area contributed by atoms with Crippen molar-refractivity contribution in [3.63, 3.8) is 0 Å². The van der Waals surface area contributed by atoms with Crippen molar-refractivity contribution in [2.24, 2.45) is 5.92 Å². The van der Waals surface area contributed by atoms with Gasteiger partial charge in [0.1, 0.15) is 0 Å². The predicted molar refractivity (Wildman–Crippen MR) is 50.3 cm³/mol. The Hall–Kier alpha value is -1.04. The highest BCUT2D eigenvalue weighted by Gasteiger charge is 2.03. The van der Waals surface area contributed by atoms with E-state index in [2.05, 4.69) is 38.3 Å². The zero-order valence-corrected chi connectivity index (χ0v) is 7.01. The summed E-state index contributed by atoms with van der Waals surface area (Å²) in [6.07, 6.45) is 9.47. The van der Waals surface area contributed by atoms with Gasteiger partial charge in [0.05, 0.1) is 0 Å². The van der Waals surface area contributed by atoms with Gasteiger partial charge in [-0.15, -0.1) is 0 Å².